The van der Waals surface area contributed by atoms with Gasteiger partial charge < -0.3 is 30.7 Å². The van der Waals surface area contributed by atoms with Gasteiger partial charge in [-0.05, 0) is 37.0 Å². The van der Waals surface area contributed by atoms with E-state index >= 15 is 0 Å². The normalized spacial score (nSPS) is 16.4. The molecule has 2 aliphatic heterocycles. The van der Waals surface area contributed by atoms with Crippen LogP contribution in [-0.2, 0) is 22.3 Å². The number of anilines is 4. The fraction of sp³-hybridized carbons (Fsp3) is 0.500. The number of morpholine rings is 2. The van der Waals surface area contributed by atoms with Gasteiger partial charge in [0.25, 0.3) is 0 Å². The van der Waals surface area contributed by atoms with E-state index in [2.05, 4.69) is 61.0 Å². The van der Waals surface area contributed by atoms with Gasteiger partial charge in [0, 0.05) is 75.5 Å². The van der Waals surface area contributed by atoms with E-state index in [4.69, 9.17) is 25.9 Å². The molecular weight excluding hydrogens is 494 g/mol. The van der Waals surface area contributed by atoms with E-state index in [1.165, 1.54) is 11.3 Å². The smallest absolute Gasteiger partial charge is 0.228 e. The van der Waals surface area contributed by atoms with Gasteiger partial charge in [0.1, 0.15) is 5.82 Å². The largest absolute Gasteiger partial charge is 0.383 e. The van der Waals surface area contributed by atoms with Gasteiger partial charge in [0.15, 0.2) is 0 Å². The van der Waals surface area contributed by atoms with E-state index in [0.29, 0.717) is 31.4 Å². The van der Waals surface area contributed by atoms with E-state index in [-0.39, 0.29) is 5.95 Å². The number of rotatable bonds is 10. The van der Waals surface area contributed by atoms with Crippen molar-refractivity contribution < 1.29 is 9.47 Å². The van der Waals surface area contributed by atoms with Crippen molar-refractivity contribution in [3.05, 3.63) is 47.8 Å². The number of nitrogens with two attached hydrogens (primary N) is 2. The molecule has 0 atom stereocenters. The Labute approximate surface area is 230 Å². The second-order valence-electron chi connectivity index (χ2n) is 10.1. The summed E-state index contributed by atoms with van der Waals surface area (Å²) in [5, 5.41) is 0. The molecule has 39 heavy (non-hydrogen) atoms. The topological polar surface area (TPSA) is 132 Å². The summed E-state index contributed by atoms with van der Waals surface area (Å²) in [7, 11) is 2.16. The van der Waals surface area contributed by atoms with Crippen LogP contribution in [0, 0.1) is 0 Å². The number of nitrogen functional groups attached to an aromatic ring is 2. The molecule has 0 unspecified atom stereocenters. The van der Waals surface area contributed by atoms with Gasteiger partial charge in [0.2, 0.25) is 11.9 Å². The Kier molecular flexibility index (Phi) is 9.02. The highest BCUT2D eigenvalue weighted by Crippen LogP contribution is 2.29. The van der Waals surface area contributed by atoms with Gasteiger partial charge in [-0.2, -0.15) is 4.98 Å². The number of nitrogens with zero attached hydrogens (tertiary/aromatic N) is 7. The number of hydrogen-bond acceptors (Lipinski definition) is 11. The molecule has 11 heteroatoms. The minimum Gasteiger partial charge on any atom is -0.383 e. The first-order valence-electron chi connectivity index (χ1n) is 13.7. The highest BCUT2D eigenvalue weighted by Gasteiger charge is 2.20. The first kappa shape index (κ1) is 27.0. The number of aryl methyl sites for hydroxylation is 1. The molecule has 0 aliphatic carbocycles. The van der Waals surface area contributed by atoms with Crippen LogP contribution in [0.25, 0.3) is 11.3 Å². The Bertz CT molecular complexity index is 1190. The predicted octanol–water partition coefficient (Wildman–Crippen LogP) is 1.88. The summed E-state index contributed by atoms with van der Waals surface area (Å²) in [4.78, 5) is 24.8. The zero-order valence-electron chi connectivity index (χ0n) is 22.8. The van der Waals surface area contributed by atoms with Crippen LogP contribution in [0.1, 0.15) is 17.5 Å². The Balaban J connectivity index is 1.25. The molecule has 1 aromatic carbocycles. The van der Waals surface area contributed by atoms with Crippen LogP contribution < -0.4 is 21.3 Å². The van der Waals surface area contributed by atoms with Crippen molar-refractivity contribution in [3.8, 4) is 11.3 Å². The molecule has 5 rings (SSSR count). The van der Waals surface area contributed by atoms with Gasteiger partial charge in [-0.1, -0.05) is 12.1 Å². The van der Waals surface area contributed by atoms with Crippen LogP contribution >= 0.6 is 0 Å². The fourth-order valence-electron chi connectivity index (χ4n) is 5.01. The van der Waals surface area contributed by atoms with Crippen LogP contribution in [0.15, 0.2) is 36.7 Å². The average Bonchev–Trinajstić information content (AvgIpc) is 2.98. The SMILES string of the molecule is CN(CCCN1CCOCC1)c1ccc(CCc2c(N)nc(N3CCOCC3)nc2-c2cnc(N)nc2)cc1. The second kappa shape index (κ2) is 13.0. The Morgan fingerprint density at radius 3 is 2.23 bits per heavy atom. The third-order valence-corrected chi connectivity index (χ3v) is 7.38. The van der Waals surface area contributed by atoms with Gasteiger partial charge in [0.05, 0.1) is 32.1 Å². The summed E-state index contributed by atoms with van der Waals surface area (Å²) in [5.74, 6) is 1.31. The molecule has 0 spiro atoms. The lowest BCUT2D eigenvalue weighted by Crippen LogP contribution is -2.37. The Morgan fingerprint density at radius 1 is 0.872 bits per heavy atom. The van der Waals surface area contributed by atoms with Crippen LogP contribution in [0.3, 0.4) is 0 Å². The molecule has 208 valence electrons. The Morgan fingerprint density at radius 2 is 1.54 bits per heavy atom. The molecule has 2 aromatic heterocycles. The number of hydrogen-bond donors (Lipinski definition) is 2. The minimum atomic E-state index is 0.224. The molecule has 4 heterocycles. The lowest BCUT2D eigenvalue weighted by atomic mass is 10.0. The molecule has 2 saturated heterocycles. The molecule has 0 saturated carbocycles. The van der Waals surface area contributed by atoms with Crippen molar-refractivity contribution in [2.75, 3.05) is 94.0 Å². The fourth-order valence-corrected chi connectivity index (χ4v) is 5.01. The van der Waals surface area contributed by atoms with E-state index in [0.717, 1.165) is 82.1 Å². The predicted molar refractivity (Wildman–Crippen MR) is 154 cm³/mol. The van der Waals surface area contributed by atoms with Crippen molar-refractivity contribution in [2.24, 2.45) is 0 Å². The monoisotopic (exact) mass is 533 g/mol. The molecular formula is C28H39N9O2. The van der Waals surface area contributed by atoms with Gasteiger partial charge >= 0.3 is 0 Å². The van der Waals surface area contributed by atoms with E-state index in [1.807, 2.05) is 0 Å². The van der Waals surface area contributed by atoms with E-state index in [9.17, 15) is 0 Å². The van der Waals surface area contributed by atoms with Gasteiger partial charge in [-0.3, -0.25) is 4.90 Å². The molecule has 0 radical (unpaired) electrons. The van der Waals surface area contributed by atoms with Crippen LogP contribution in [0.4, 0.5) is 23.4 Å². The first-order valence-corrected chi connectivity index (χ1v) is 13.7. The van der Waals surface area contributed by atoms with Crippen LogP contribution in [0.5, 0.6) is 0 Å². The maximum atomic E-state index is 6.53. The third-order valence-electron chi connectivity index (χ3n) is 7.38. The molecule has 0 amide bonds. The van der Waals surface area contributed by atoms with Gasteiger partial charge in [-0.25, -0.2) is 15.0 Å². The maximum absolute atomic E-state index is 6.53. The molecule has 4 N–H and O–H groups in total. The zero-order valence-corrected chi connectivity index (χ0v) is 22.8. The third kappa shape index (κ3) is 7.11. The summed E-state index contributed by atoms with van der Waals surface area (Å²) in [5.41, 5.74) is 17.1. The Hall–Kier alpha value is -3.54. The quantitative estimate of drug-likeness (QED) is 0.396. The summed E-state index contributed by atoms with van der Waals surface area (Å²) in [6.45, 7) is 8.65. The molecule has 0 bridgehead atoms. The molecule has 2 aliphatic rings. The first-order chi connectivity index (χ1) is 19.1. The van der Waals surface area contributed by atoms with Crippen molar-refractivity contribution in [2.45, 2.75) is 19.3 Å². The average molecular weight is 534 g/mol. The lowest BCUT2D eigenvalue weighted by Gasteiger charge is -2.28. The standard InChI is InChI=1S/C28H39N9O2/c1-35(9-2-10-36-11-15-38-16-12-36)23-6-3-21(4-7-23)5-8-24-25(22-19-31-27(30)32-20-22)33-28(34-26(24)29)37-13-17-39-18-14-37/h3-4,6-7,19-20H,2,5,8-18H2,1H3,(H2,29,33,34)(H2,30,31,32). The number of ether oxygens (including phenoxy) is 2. The summed E-state index contributed by atoms with van der Waals surface area (Å²) in [6.07, 6.45) is 6.04. The highest BCUT2D eigenvalue weighted by atomic mass is 16.5. The van der Waals surface area contributed by atoms with E-state index in [1.54, 1.807) is 12.4 Å². The summed E-state index contributed by atoms with van der Waals surface area (Å²) < 4.78 is 10.9. The summed E-state index contributed by atoms with van der Waals surface area (Å²) in [6, 6.07) is 8.78. The molecule has 2 fully saturated rings. The molecule has 11 nitrogen and oxygen atoms in total. The number of aromatic nitrogens is 4. The van der Waals surface area contributed by atoms with Crippen molar-refractivity contribution in [1.82, 2.24) is 24.8 Å². The molecule has 3 aromatic rings. The highest BCUT2D eigenvalue weighted by molar-refractivity contribution is 5.69. The number of benzene rings is 1. The minimum absolute atomic E-state index is 0.224. The van der Waals surface area contributed by atoms with Crippen LogP contribution in [0.2, 0.25) is 0 Å². The maximum Gasteiger partial charge on any atom is 0.228 e. The lowest BCUT2D eigenvalue weighted by molar-refractivity contribution is 0.0377. The zero-order chi connectivity index (χ0) is 27.0. The van der Waals surface area contributed by atoms with Crippen LogP contribution in [-0.4, -0.2) is 97.6 Å². The van der Waals surface area contributed by atoms with Crippen molar-refractivity contribution in [3.63, 3.8) is 0 Å². The summed E-state index contributed by atoms with van der Waals surface area (Å²) >= 11 is 0. The van der Waals surface area contributed by atoms with E-state index < -0.39 is 0 Å². The second-order valence-corrected chi connectivity index (χ2v) is 10.1. The van der Waals surface area contributed by atoms with Gasteiger partial charge in [-0.15, -0.1) is 0 Å². The van der Waals surface area contributed by atoms with Crippen molar-refractivity contribution >= 4 is 23.4 Å². The van der Waals surface area contributed by atoms with Crippen molar-refractivity contribution in [1.29, 1.82) is 0 Å².